The van der Waals surface area contributed by atoms with Crippen LogP contribution in [0, 0.1) is 0 Å². The van der Waals surface area contributed by atoms with Crippen LogP contribution < -0.4 is 15.4 Å². The van der Waals surface area contributed by atoms with E-state index in [1.165, 1.54) is 0 Å². The lowest BCUT2D eigenvalue weighted by molar-refractivity contribution is 0.0948. The number of methoxy groups -OCH3 is 1. The van der Waals surface area contributed by atoms with Crippen LogP contribution in [0.25, 0.3) is 0 Å². The number of hydrogen-bond acceptors (Lipinski definition) is 4. The summed E-state index contributed by atoms with van der Waals surface area (Å²) in [6, 6.07) is 8.93. The Balaban J connectivity index is 1.94. The van der Waals surface area contributed by atoms with Crippen molar-refractivity contribution >= 4 is 28.9 Å². The summed E-state index contributed by atoms with van der Waals surface area (Å²) in [6.45, 7) is 2.81. The van der Waals surface area contributed by atoms with E-state index in [2.05, 4.69) is 22.5 Å². The highest BCUT2D eigenvalue weighted by atomic mass is 35.5. The molecule has 6 heteroatoms. The normalized spacial score (nSPS) is 10.3. The summed E-state index contributed by atoms with van der Waals surface area (Å²) in [6.07, 6.45) is 4.85. The number of rotatable bonds is 8. The fourth-order valence-corrected chi connectivity index (χ4v) is 2.44. The Kier molecular flexibility index (Phi) is 6.88. The van der Waals surface area contributed by atoms with Crippen LogP contribution in [0.15, 0.2) is 36.5 Å². The zero-order valence-corrected chi connectivity index (χ0v) is 14.7. The lowest BCUT2D eigenvalue weighted by Gasteiger charge is -2.09. The molecule has 0 spiro atoms. The van der Waals surface area contributed by atoms with E-state index in [-0.39, 0.29) is 5.91 Å². The fraction of sp³-hybridized carbons (Fsp3) is 0.333. The molecule has 2 aromatic rings. The van der Waals surface area contributed by atoms with Gasteiger partial charge in [0.2, 0.25) is 0 Å². The van der Waals surface area contributed by atoms with Gasteiger partial charge in [0.05, 0.1) is 24.0 Å². The van der Waals surface area contributed by atoms with Gasteiger partial charge in [-0.15, -0.1) is 0 Å². The number of ether oxygens (including phenoxy) is 1. The largest absolute Gasteiger partial charge is 0.495 e. The van der Waals surface area contributed by atoms with Crippen LogP contribution in [-0.4, -0.2) is 24.5 Å². The van der Waals surface area contributed by atoms with Crippen molar-refractivity contribution < 1.29 is 9.53 Å². The van der Waals surface area contributed by atoms with Gasteiger partial charge in [0.15, 0.2) is 0 Å². The molecule has 1 amide bonds. The molecule has 1 heterocycles. The maximum absolute atomic E-state index is 12.0. The first kappa shape index (κ1) is 18.1. The van der Waals surface area contributed by atoms with Crippen LogP contribution >= 0.6 is 11.6 Å². The molecule has 5 nitrogen and oxygen atoms in total. The average molecular weight is 348 g/mol. The number of amides is 1. The maximum atomic E-state index is 12.0. The number of nitrogens with zero attached hydrogens (tertiary/aromatic N) is 1. The van der Waals surface area contributed by atoms with Crippen molar-refractivity contribution in [2.75, 3.05) is 19.0 Å². The first-order chi connectivity index (χ1) is 11.6. The molecular weight excluding hydrogens is 326 g/mol. The Morgan fingerprint density at radius 2 is 2.00 bits per heavy atom. The summed E-state index contributed by atoms with van der Waals surface area (Å²) in [5.74, 6) is 0.473. The number of carbonyl (C=O) groups is 1. The van der Waals surface area contributed by atoms with E-state index in [9.17, 15) is 4.79 Å². The molecule has 0 radical (unpaired) electrons. The minimum absolute atomic E-state index is 0.148. The van der Waals surface area contributed by atoms with Gasteiger partial charge in [0.25, 0.3) is 5.91 Å². The van der Waals surface area contributed by atoms with E-state index in [1.54, 1.807) is 31.5 Å². The lowest BCUT2D eigenvalue weighted by atomic mass is 10.2. The molecule has 0 aliphatic carbocycles. The van der Waals surface area contributed by atoms with Crippen molar-refractivity contribution in [2.45, 2.75) is 26.2 Å². The third kappa shape index (κ3) is 5.13. The van der Waals surface area contributed by atoms with Gasteiger partial charge in [-0.05, 0) is 36.8 Å². The van der Waals surface area contributed by atoms with Crippen LogP contribution in [-0.2, 0) is 0 Å². The number of halogens is 1. The second-order valence-electron chi connectivity index (χ2n) is 5.37. The second-order valence-corrected chi connectivity index (χ2v) is 5.78. The van der Waals surface area contributed by atoms with Crippen molar-refractivity contribution in [1.29, 1.82) is 0 Å². The smallest absolute Gasteiger partial charge is 0.269 e. The Hall–Kier alpha value is -2.27. The predicted octanol–water partition coefficient (Wildman–Crippen LogP) is 4.41. The van der Waals surface area contributed by atoms with Crippen molar-refractivity contribution in [3.63, 3.8) is 0 Å². The third-order valence-corrected chi connectivity index (χ3v) is 3.80. The van der Waals surface area contributed by atoms with E-state index in [0.717, 1.165) is 30.6 Å². The number of aromatic nitrogens is 1. The molecule has 0 aliphatic rings. The molecule has 0 atom stereocenters. The number of carbonyl (C=O) groups excluding carboxylic acids is 1. The molecular formula is C18H22ClN3O2. The van der Waals surface area contributed by atoms with Gasteiger partial charge in [0, 0.05) is 12.2 Å². The van der Waals surface area contributed by atoms with Gasteiger partial charge in [0.1, 0.15) is 11.4 Å². The van der Waals surface area contributed by atoms with Crippen LogP contribution in [0.2, 0.25) is 5.02 Å². The number of pyridine rings is 1. The van der Waals surface area contributed by atoms with Gasteiger partial charge >= 0.3 is 0 Å². The first-order valence-corrected chi connectivity index (χ1v) is 8.36. The zero-order valence-electron chi connectivity index (χ0n) is 13.9. The quantitative estimate of drug-likeness (QED) is 0.694. The van der Waals surface area contributed by atoms with E-state index < -0.39 is 0 Å². The van der Waals surface area contributed by atoms with Gasteiger partial charge in [-0.2, -0.15) is 0 Å². The number of benzene rings is 1. The topological polar surface area (TPSA) is 63.2 Å². The van der Waals surface area contributed by atoms with Gasteiger partial charge in [-0.3, -0.25) is 4.79 Å². The molecule has 0 aliphatic heterocycles. The second kappa shape index (κ2) is 9.13. The number of unbranched alkanes of at least 4 members (excludes halogenated alkanes) is 2. The van der Waals surface area contributed by atoms with Crippen LogP contribution in [0.1, 0.15) is 36.7 Å². The zero-order chi connectivity index (χ0) is 17.4. The Labute approximate surface area is 147 Å². The number of hydrogen-bond donors (Lipinski definition) is 2. The first-order valence-electron chi connectivity index (χ1n) is 7.99. The van der Waals surface area contributed by atoms with E-state index in [0.29, 0.717) is 23.0 Å². The van der Waals surface area contributed by atoms with Crippen LogP contribution in [0.4, 0.5) is 11.4 Å². The summed E-state index contributed by atoms with van der Waals surface area (Å²) in [5, 5.41) is 6.58. The summed E-state index contributed by atoms with van der Waals surface area (Å²) < 4.78 is 5.12. The van der Waals surface area contributed by atoms with E-state index in [4.69, 9.17) is 16.3 Å². The lowest BCUT2D eigenvalue weighted by Crippen LogP contribution is -2.25. The summed E-state index contributed by atoms with van der Waals surface area (Å²) in [7, 11) is 1.57. The number of anilines is 2. The van der Waals surface area contributed by atoms with Crippen molar-refractivity contribution in [3.8, 4) is 5.75 Å². The Morgan fingerprint density at radius 1 is 1.21 bits per heavy atom. The van der Waals surface area contributed by atoms with Gasteiger partial charge in [-0.1, -0.05) is 31.4 Å². The van der Waals surface area contributed by atoms with Crippen molar-refractivity contribution in [3.05, 3.63) is 47.2 Å². The molecule has 1 aromatic carbocycles. The SMILES string of the molecule is CCCCCNC(=O)c1ccc(Nc2ccc(OC)c(Cl)c2)cn1. The molecule has 0 saturated heterocycles. The summed E-state index contributed by atoms with van der Waals surface area (Å²) >= 11 is 6.10. The van der Waals surface area contributed by atoms with Crippen molar-refractivity contribution in [2.24, 2.45) is 0 Å². The highest BCUT2D eigenvalue weighted by molar-refractivity contribution is 6.32. The molecule has 24 heavy (non-hydrogen) atoms. The maximum Gasteiger partial charge on any atom is 0.269 e. The van der Waals surface area contributed by atoms with E-state index in [1.807, 2.05) is 12.1 Å². The highest BCUT2D eigenvalue weighted by Crippen LogP contribution is 2.28. The third-order valence-electron chi connectivity index (χ3n) is 3.50. The molecule has 1 aromatic heterocycles. The molecule has 0 unspecified atom stereocenters. The minimum Gasteiger partial charge on any atom is -0.495 e. The standard InChI is InChI=1S/C18H22ClN3O2/c1-3-4-5-10-20-18(23)16-8-6-14(12-21-16)22-13-7-9-17(24-2)15(19)11-13/h6-9,11-12,22H,3-5,10H2,1-2H3,(H,20,23). The summed E-state index contributed by atoms with van der Waals surface area (Å²) in [5.41, 5.74) is 2.00. The number of nitrogens with one attached hydrogen (secondary N) is 2. The highest BCUT2D eigenvalue weighted by Gasteiger charge is 2.07. The van der Waals surface area contributed by atoms with Crippen molar-refractivity contribution in [1.82, 2.24) is 10.3 Å². The average Bonchev–Trinajstić information content (AvgIpc) is 2.59. The fourth-order valence-electron chi connectivity index (χ4n) is 2.18. The molecule has 2 N–H and O–H groups in total. The van der Waals surface area contributed by atoms with Crippen LogP contribution in [0.3, 0.4) is 0 Å². The van der Waals surface area contributed by atoms with Crippen LogP contribution in [0.5, 0.6) is 5.75 Å². The monoisotopic (exact) mass is 347 g/mol. The Morgan fingerprint density at radius 3 is 2.62 bits per heavy atom. The summed E-state index contributed by atoms with van der Waals surface area (Å²) in [4.78, 5) is 16.2. The molecule has 2 rings (SSSR count). The molecule has 0 saturated carbocycles. The van der Waals surface area contributed by atoms with Gasteiger partial charge in [-0.25, -0.2) is 4.98 Å². The Bertz CT molecular complexity index is 674. The minimum atomic E-state index is -0.148. The van der Waals surface area contributed by atoms with Gasteiger partial charge < -0.3 is 15.4 Å². The molecule has 128 valence electrons. The molecule has 0 fully saturated rings. The van der Waals surface area contributed by atoms with E-state index >= 15 is 0 Å². The molecule has 0 bridgehead atoms. The predicted molar refractivity (Wildman–Crippen MR) is 97.4 cm³/mol.